The first-order valence-corrected chi connectivity index (χ1v) is 6.56. The number of thiophene rings is 1. The lowest BCUT2D eigenvalue weighted by atomic mass is 10.2. The highest BCUT2D eigenvalue weighted by atomic mass is 32.1. The van der Waals surface area contributed by atoms with Crippen molar-refractivity contribution in [2.75, 3.05) is 6.54 Å². The maximum atomic E-state index is 12.2. The minimum absolute atomic E-state index is 0.0986. The first-order valence-electron chi connectivity index (χ1n) is 5.68. The van der Waals surface area contributed by atoms with Crippen molar-refractivity contribution >= 4 is 17.2 Å². The molecule has 0 fully saturated rings. The van der Waals surface area contributed by atoms with Crippen LogP contribution in [0.5, 0.6) is 0 Å². The fraction of sp³-hybridized carbons (Fsp3) is 0.214. The van der Waals surface area contributed by atoms with Gasteiger partial charge in [0.05, 0.1) is 6.54 Å². The van der Waals surface area contributed by atoms with Crippen LogP contribution in [0.4, 0.5) is 0 Å². The van der Waals surface area contributed by atoms with E-state index in [2.05, 4.69) is 6.07 Å². The Morgan fingerprint density at radius 2 is 1.94 bits per heavy atom. The van der Waals surface area contributed by atoms with Crippen LogP contribution in [0.25, 0.3) is 0 Å². The molecule has 0 N–H and O–H groups in total. The highest BCUT2D eigenvalue weighted by Gasteiger charge is 2.14. The fourth-order valence-corrected chi connectivity index (χ4v) is 2.40. The van der Waals surface area contributed by atoms with Gasteiger partial charge in [0.1, 0.15) is 0 Å². The third-order valence-corrected chi connectivity index (χ3v) is 3.48. The number of carbonyl (C=O) groups is 1. The number of rotatable bonds is 4. The second-order valence-corrected chi connectivity index (χ2v) is 4.80. The number of hydrogen-bond donors (Lipinski definition) is 0. The van der Waals surface area contributed by atoms with Gasteiger partial charge in [-0.2, -0.15) is 0 Å². The van der Waals surface area contributed by atoms with E-state index in [9.17, 15) is 4.79 Å². The van der Waals surface area contributed by atoms with Crippen molar-refractivity contribution in [3.8, 4) is 0 Å². The standard InChI is InChI=1S/C14H15NOS/c1-2-15(11-13-9-6-10-17-13)14(16)12-7-4-3-5-8-12/h3-10H,2,11H2,1H3. The molecule has 0 radical (unpaired) electrons. The minimum Gasteiger partial charge on any atom is -0.334 e. The largest absolute Gasteiger partial charge is 0.334 e. The van der Waals surface area contributed by atoms with Gasteiger partial charge in [-0.25, -0.2) is 0 Å². The molecule has 1 aromatic heterocycles. The van der Waals surface area contributed by atoms with Crippen molar-refractivity contribution in [2.45, 2.75) is 13.5 Å². The topological polar surface area (TPSA) is 20.3 Å². The summed E-state index contributed by atoms with van der Waals surface area (Å²) in [5.41, 5.74) is 0.755. The third-order valence-electron chi connectivity index (χ3n) is 2.62. The average Bonchev–Trinajstić information content (AvgIpc) is 2.89. The Bertz CT molecular complexity index is 464. The minimum atomic E-state index is 0.0986. The van der Waals surface area contributed by atoms with E-state index in [1.54, 1.807) is 11.3 Å². The Labute approximate surface area is 106 Å². The van der Waals surface area contributed by atoms with Crippen molar-refractivity contribution in [1.29, 1.82) is 0 Å². The lowest BCUT2D eigenvalue weighted by molar-refractivity contribution is 0.0754. The molecule has 0 unspecified atom stereocenters. The normalized spacial score (nSPS) is 10.2. The molecule has 88 valence electrons. The summed E-state index contributed by atoms with van der Waals surface area (Å²) in [4.78, 5) is 15.3. The van der Waals surface area contributed by atoms with Crippen LogP contribution in [0.15, 0.2) is 47.8 Å². The van der Waals surface area contributed by atoms with Crippen LogP contribution in [0.2, 0.25) is 0 Å². The summed E-state index contributed by atoms with van der Waals surface area (Å²) >= 11 is 1.69. The van der Waals surface area contributed by atoms with E-state index >= 15 is 0 Å². The average molecular weight is 245 g/mol. The van der Waals surface area contributed by atoms with Crippen molar-refractivity contribution in [3.05, 3.63) is 58.3 Å². The van der Waals surface area contributed by atoms with Gasteiger partial charge in [-0.3, -0.25) is 4.79 Å². The summed E-state index contributed by atoms with van der Waals surface area (Å²) in [5, 5.41) is 2.04. The van der Waals surface area contributed by atoms with Crippen molar-refractivity contribution in [1.82, 2.24) is 4.90 Å². The maximum absolute atomic E-state index is 12.2. The summed E-state index contributed by atoms with van der Waals surface area (Å²) in [6.07, 6.45) is 0. The van der Waals surface area contributed by atoms with Crippen LogP contribution in [-0.4, -0.2) is 17.4 Å². The van der Waals surface area contributed by atoms with Gasteiger partial charge in [-0.15, -0.1) is 11.3 Å². The Hall–Kier alpha value is -1.61. The van der Waals surface area contributed by atoms with E-state index in [4.69, 9.17) is 0 Å². The molecule has 0 bridgehead atoms. The van der Waals surface area contributed by atoms with Gasteiger partial charge < -0.3 is 4.90 Å². The molecule has 3 heteroatoms. The zero-order chi connectivity index (χ0) is 12.1. The lowest BCUT2D eigenvalue weighted by Gasteiger charge is -2.20. The smallest absolute Gasteiger partial charge is 0.254 e. The predicted molar refractivity (Wildman–Crippen MR) is 71.2 cm³/mol. The molecule has 17 heavy (non-hydrogen) atoms. The van der Waals surface area contributed by atoms with E-state index in [-0.39, 0.29) is 5.91 Å². The summed E-state index contributed by atoms with van der Waals surface area (Å²) in [5.74, 6) is 0.0986. The maximum Gasteiger partial charge on any atom is 0.254 e. The molecule has 0 aliphatic heterocycles. The Morgan fingerprint density at radius 1 is 1.18 bits per heavy atom. The number of amides is 1. The van der Waals surface area contributed by atoms with Gasteiger partial charge >= 0.3 is 0 Å². The van der Waals surface area contributed by atoms with Gasteiger partial charge in [0.2, 0.25) is 0 Å². The second-order valence-electron chi connectivity index (χ2n) is 3.76. The highest BCUT2D eigenvalue weighted by molar-refractivity contribution is 7.09. The van der Waals surface area contributed by atoms with Crippen LogP contribution < -0.4 is 0 Å². The predicted octanol–water partition coefficient (Wildman–Crippen LogP) is 3.41. The van der Waals surface area contributed by atoms with Crippen LogP contribution >= 0.6 is 11.3 Å². The second kappa shape index (κ2) is 5.64. The van der Waals surface area contributed by atoms with Crippen LogP contribution in [-0.2, 0) is 6.54 Å². The molecule has 1 heterocycles. The molecule has 0 aliphatic carbocycles. The lowest BCUT2D eigenvalue weighted by Crippen LogP contribution is -2.29. The number of carbonyl (C=O) groups excluding carboxylic acids is 1. The molecule has 0 saturated heterocycles. The van der Waals surface area contributed by atoms with Crippen LogP contribution in [0.1, 0.15) is 22.2 Å². The van der Waals surface area contributed by atoms with Crippen molar-refractivity contribution in [3.63, 3.8) is 0 Å². The summed E-state index contributed by atoms with van der Waals surface area (Å²) in [6.45, 7) is 3.43. The highest BCUT2D eigenvalue weighted by Crippen LogP contribution is 2.14. The molecule has 0 atom stereocenters. The number of hydrogen-bond acceptors (Lipinski definition) is 2. The summed E-state index contributed by atoms with van der Waals surface area (Å²) in [7, 11) is 0. The Balaban J connectivity index is 2.11. The van der Waals surface area contributed by atoms with E-state index in [0.717, 1.165) is 12.1 Å². The third kappa shape index (κ3) is 2.94. The fourth-order valence-electron chi connectivity index (χ4n) is 1.68. The quantitative estimate of drug-likeness (QED) is 0.808. The molecule has 2 rings (SSSR count). The van der Waals surface area contributed by atoms with Crippen LogP contribution in [0.3, 0.4) is 0 Å². The molecule has 1 amide bonds. The molecule has 2 nitrogen and oxygen atoms in total. The van der Waals surface area contributed by atoms with E-state index in [1.165, 1.54) is 4.88 Å². The van der Waals surface area contributed by atoms with E-state index < -0.39 is 0 Å². The first-order chi connectivity index (χ1) is 8.31. The van der Waals surface area contributed by atoms with Crippen LogP contribution in [0, 0.1) is 0 Å². The van der Waals surface area contributed by atoms with Gasteiger partial charge in [0.25, 0.3) is 5.91 Å². The molecule has 0 saturated carbocycles. The molecule has 0 spiro atoms. The summed E-state index contributed by atoms with van der Waals surface area (Å²) in [6, 6.07) is 13.5. The SMILES string of the molecule is CCN(Cc1cccs1)C(=O)c1ccccc1. The van der Waals surface area contributed by atoms with Gasteiger partial charge in [0, 0.05) is 17.0 Å². The molecule has 2 aromatic rings. The molecular weight excluding hydrogens is 230 g/mol. The molecular formula is C14H15NOS. The molecule has 0 aliphatic rings. The van der Waals surface area contributed by atoms with Gasteiger partial charge in [-0.1, -0.05) is 24.3 Å². The van der Waals surface area contributed by atoms with Crippen molar-refractivity contribution < 1.29 is 4.79 Å². The first kappa shape index (κ1) is 11.9. The Morgan fingerprint density at radius 3 is 2.53 bits per heavy atom. The van der Waals surface area contributed by atoms with Crippen molar-refractivity contribution in [2.24, 2.45) is 0 Å². The zero-order valence-electron chi connectivity index (χ0n) is 9.80. The monoisotopic (exact) mass is 245 g/mol. The Kier molecular flexibility index (Phi) is 3.94. The number of nitrogens with zero attached hydrogens (tertiary/aromatic N) is 1. The van der Waals surface area contributed by atoms with Gasteiger partial charge in [0.15, 0.2) is 0 Å². The van der Waals surface area contributed by atoms with E-state index in [1.807, 2.05) is 53.6 Å². The molecule has 1 aromatic carbocycles. The van der Waals surface area contributed by atoms with E-state index in [0.29, 0.717) is 6.54 Å². The van der Waals surface area contributed by atoms with Gasteiger partial charge in [-0.05, 0) is 30.5 Å². The zero-order valence-corrected chi connectivity index (χ0v) is 10.6. The summed E-state index contributed by atoms with van der Waals surface area (Å²) < 4.78 is 0. The number of benzene rings is 1.